The quantitative estimate of drug-likeness (QED) is 0.333. The number of hydrogen-bond acceptors (Lipinski definition) is 3. The summed E-state index contributed by atoms with van der Waals surface area (Å²) in [6.07, 6.45) is 3.08. The molecule has 0 radical (unpaired) electrons. The highest BCUT2D eigenvalue weighted by molar-refractivity contribution is 6.31. The highest BCUT2D eigenvalue weighted by Gasteiger charge is 2.19. The Morgan fingerprint density at radius 3 is 2.57 bits per heavy atom. The summed E-state index contributed by atoms with van der Waals surface area (Å²) >= 11 is 6.10. The fourth-order valence-corrected chi connectivity index (χ4v) is 3.58. The molecule has 0 fully saturated rings. The predicted molar refractivity (Wildman–Crippen MR) is 121 cm³/mol. The van der Waals surface area contributed by atoms with Crippen LogP contribution < -0.4 is 10.3 Å². The molecule has 1 heterocycles. The van der Waals surface area contributed by atoms with Crippen molar-refractivity contribution in [1.82, 2.24) is 4.98 Å². The molecule has 0 aliphatic carbocycles. The minimum Gasteiger partial charge on any atom is -0.497 e. The van der Waals surface area contributed by atoms with Crippen LogP contribution in [0.1, 0.15) is 15.9 Å². The lowest BCUT2D eigenvalue weighted by molar-refractivity contribution is 0.104. The second-order valence-electron chi connectivity index (χ2n) is 6.73. The SMILES string of the molecule is COc1cccc(/C=C/C(=O)c2c(-c3ccccc3)c3ccc(Cl)cc3[nH]c2=O)c1. The first-order chi connectivity index (χ1) is 14.6. The maximum Gasteiger partial charge on any atom is 0.260 e. The normalized spacial score (nSPS) is 11.1. The van der Waals surface area contributed by atoms with E-state index < -0.39 is 5.56 Å². The smallest absolute Gasteiger partial charge is 0.260 e. The Bertz CT molecular complexity index is 1320. The van der Waals surface area contributed by atoms with Gasteiger partial charge in [0.15, 0.2) is 5.78 Å². The van der Waals surface area contributed by atoms with Gasteiger partial charge in [0.1, 0.15) is 5.75 Å². The average molecular weight is 416 g/mol. The van der Waals surface area contributed by atoms with E-state index in [0.29, 0.717) is 21.9 Å². The Labute approximate surface area is 178 Å². The van der Waals surface area contributed by atoms with Crippen molar-refractivity contribution < 1.29 is 9.53 Å². The van der Waals surface area contributed by atoms with Gasteiger partial charge in [0, 0.05) is 16.0 Å². The molecule has 4 nitrogen and oxygen atoms in total. The summed E-state index contributed by atoms with van der Waals surface area (Å²) in [4.78, 5) is 28.8. The summed E-state index contributed by atoms with van der Waals surface area (Å²) in [6, 6.07) is 22.0. The number of nitrogens with one attached hydrogen (secondary N) is 1. The van der Waals surface area contributed by atoms with Gasteiger partial charge < -0.3 is 9.72 Å². The van der Waals surface area contributed by atoms with Gasteiger partial charge in [0.2, 0.25) is 0 Å². The van der Waals surface area contributed by atoms with E-state index in [1.54, 1.807) is 25.3 Å². The van der Waals surface area contributed by atoms with Gasteiger partial charge >= 0.3 is 0 Å². The van der Waals surface area contributed by atoms with Crippen molar-refractivity contribution in [3.63, 3.8) is 0 Å². The van der Waals surface area contributed by atoms with E-state index in [1.165, 1.54) is 6.08 Å². The van der Waals surface area contributed by atoms with Crippen molar-refractivity contribution in [3.05, 3.63) is 105 Å². The number of carbonyl (C=O) groups excluding carboxylic acids is 1. The zero-order valence-electron chi connectivity index (χ0n) is 16.2. The molecule has 0 spiro atoms. The molecule has 0 unspecified atom stereocenters. The number of carbonyl (C=O) groups is 1. The summed E-state index contributed by atoms with van der Waals surface area (Å²) < 4.78 is 5.22. The highest BCUT2D eigenvalue weighted by Crippen LogP contribution is 2.31. The van der Waals surface area contributed by atoms with Crippen molar-refractivity contribution in [2.24, 2.45) is 0 Å². The number of aromatic nitrogens is 1. The summed E-state index contributed by atoms with van der Waals surface area (Å²) in [6.45, 7) is 0. The number of H-pyrrole nitrogens is 1. The molecule has 0 saturated heterocycles. The second-order valence-corrected chi connectivity index (χ2v) is 7.17. The Hall–Kier alpha value is -3.63. The largest absolute Gasteiger partial charge is 0.497 e. The van der Waals surface area contributed by atoms with Crippen LogP contribution in [0.3, 0.4) is 0 Å². The Kier molecular flexibility index (Phi) is 5.50. The summed E-state index contributed by atoms with van der Waals surface area (Å²) in [7, 11) is 1.58. The van der Waals surface area contributed by atoms with E-state index >= 15 is 0 Å². The molecule has 0 amide bonds. The van der Waals surface area contributed by atoms with Crippen LogP contribution in [-0.2, 0) is 0 Å². The van der Waals surface area contributed by atoms with Gasteiger partial charge in [0.05, 0.1) is 18.2 Å². The average Bonchev–Trinajstić information content (AvgIpc) is 2.77. The topological polar surface area (TPSA) is 59.2 Å². The molecule has 30 heavy (non-hydrogen) atoms. The lowest BCUT2D eigenvalue weighted by Crippen LogP contribution is -2.18. The number of pyridine rings is 1. The molecular formula is C25H18ClNO3. The number of rotatable bonds is 5. The molecule has 0 saturated carbocycles. The van der Waals surface area contributed by atoms with E-state index in [-0.39, 0.29) is 11.3 Å². The molecule has 0 bridgehead atoms. The molecule has 148 valence electrons. The maximum atomic E-state index is 13.1. The Morgan fingerprint density at radius 2 is 1.80 bits per heavy atom. The van der Waals surface area contributed by atoms with E-state index in [9.17, 15) is 9.59 Å². The molecule has 4 aromatic rings. The molecule has 0 aliphatic heterocycles. The van der Waals surface area contributed by atoms with Gasteiger partial charge in [-0.1, -0.05) is 66.2 Å². The van der Waals surface area contributed by atoms with Crippen molar-refractivity contribution in [2.75, 3.05) is 7.11 Å². The number of benzene rings is 3. The number of hydrogen-bond donors (Lipinski definition) is 1. The van der Waals surface area contributed by atoms with Gasteiger partial charge in [-0.25, -0.2) is 0 Å². The number of allylic oxidation sites excluding steroid dienone is 1. The molecule has 0 atom stereocenters. The predicted octanol–water partition coefficient (Wildman–Crippen LogP) is 5.75. The number of halogens is 1. The summed E-state index contributed by atoms with van der Waals surface area (Å²) in [5, 5.41) is 1.26. The van der Waals surface area contributed by atoms with Crippen LogP contribution in [0.2, 0.25) is 5.02 Å². The third-order valence-corrected chi connectivity index (χ3v) is 5.04. The number of ether oxygens (including phenoxy) is 1. The first-order valence-electron chi connectivity index (χ1n) is 9.34. The maximum absolute atomic E-state index is 13.1. The van der Waals surface area contributed by atoms with E-state index in [0.717, 1.165) is 16.5 Å². The fourth-order valence-electron chi connectivity index (χ4n) is 3.41. The van der Waals surface area contributed by atoms with Gasteiger partial charge in [-0.15, -0.1) is 0 Å². The summed E-state index contributed by atoms with van der Waals surface area (Å²) in [5.41, 5.74) is 2.40. The van der Waals surface area contributed by atoms with E-state index in [4.69, 9.17) is 16.3 Å². The standard InChI is InChI=1S/C25H18ClNO3/c1-30-19-9-5-6-16(14-19)10-13-22(28)24-23(17-7-3-2-4-8-17)20-12-11-18(26)15-21(20)27-25(24)29/h2-15H,1H3,(H,27,29)/b13-10+. The number of methoxy groups -OCH3 is 1. The molecule has 1 aromatic heterocycles. The zero-order chi connectivity index (χ0) is 21.1. The van der Waals surface area contributed by atoms with Crippen LogP contribution in [0.5, 0.6) is 5.75 Å². The van der Waals surface area contributed by atoms with Crippen LogP contribution in [0.15, 0.2) is 83.7 Å². The van der Waals surface area contributed by atoms with Crippen molar-refractivity contribution in [1.29, 1.82) is 0 Å². The first-order valence-corrected chi connectivity index (χ1v) is 9.72. The van der Waals surface area contributed by atoms with Crippen molar-refractivity contribution in [3.8, 4) is 16.9 Å². The second kappa shape index (κ2) is 8.39. The number of ketones is 1. The van der Waals surface area contributed by atoms with Gasteiger partial charge in [0.25, 0.3) is 5.56 Å². The van der Waals surface area contributed by atoms with Gasteiger partial charge in [-0.3, -0.25) is 9.59 Å². The van der Waals surface area contributed by atoms with Crippen LogP contribution >= 0.6 is 11.6 Å². The monoisotopic (exact) mass is 415 g/mol. The fraction of sp³-hybridized carbons (Fsp3) is 0.0400. The molecule has 0 aliphatic rings. The van der Waals surface area contributed by atoms with E-state index in [2.05, 4.69) is 4.98 Å². The molecule has 3 aromatic carbocycles. The Morgan fingerprint density at radius 1 is 1.00 bits per heavy atom. The minimum atomic E-state index is -0.455. The van der Waals surface area contributed by atoms with E-state index in [1.807, 2.05) is 60.7 Å². The van der Waals surface area contributed by atoms with Crippen molar-refractivity contribution in [2.45, 2.75) is 0 Å². The highest BCUT2D eigenvalue weighted by atomic mass is 35.5. The van der Waals surface area contributed by atoms with Crippen LogP contribution in [0.4, 0.5) is 0 Å². The Balaban J connectivity index is 1.88. The lowest BCUT2D eigenvalue weighted by Gasteiger charge is -2.11. The van der Waals surface area contributed by atoms with Gasteiger partial charge in [-0.05, 0) is 41.5 Å². The van der Waals surface area contributed by atoms with Crippen LogP contribution in [0.25, 0.3) is 28.1 Å². The number of aromatic amines is 1. The minimum absolute atomic E-state index is 0.0927. The third kappa shape index (κ3) is 3.91. The van der Waals surface area contributed by atoms with Crippen LogP contribution in [0, 0.1) is 0 Å². The van der Waals surface area contributed by atoms with Gasteiger partial charge in [-0.2, -0.15) is 0 Å². The lowest BCUT2D eigenvalue weighted by atomic mass is 9.94. The van der Waals surface area contributed by atoms with Crippen molar-refractivity contribution >= 4 is 34.4 Å². The van der Waals surface area contributed by atoms with Crippen LogP contribution in [-0.4, -0.2) is 17.9 Å². The zero-order valence-corrected chi connectivity index (χ0v) is 16.9. The summed E-state index contributed by atoms with van der Waals surface area (Å²) in [5.74, 6) is 0.310. The molecule has 5 heteroatoms. The molecule has 4 rings (SSSR count). The first kappa shape index (κ1) is 19.7. The molecule has 1 N–H and O–H groups in total. The molecular weight excluding hydrogens is 398 g/mol. The third-order valence-electron chi connectivity index (χ3n) is 4.81. The number of fused-ring (bicyclic) bond motifs is 1.